The third-order valence-corrected chi connectivity index (χ3v) is 4.84. The minimum absolute atomic E-state index is 0.0448. The molecule has 0 unspecified atom stereocenters. The zero-order valence-corrected chi connectivity index (χ0v) is 12.7. The fraction of sp³-hybridized carbons (Fsp3) is 0.533. The molecule has 0 aliphatic carbocycles. The minimum atomic E-state index is -0.0698. The van der Waals surface area contributed by atoms with Crippen molar-refractivity contribution in [3.63, 3.8) is 0 Å². The Labute approximate surface area is 128 Å². The Morgan fingerprint density at radius 1 is 1.43 bits per heavy atom. The molecule has 6 heteroatoms. The van der Waals surface area contributed by atoms with Crippen molar-refractivity contribution < 1.29 is 9.59 Å². The maximum Gasteiger partial charge on any atom is 0.256 e. The molecule has 1 spiro atoms. The summed E-state index contributed by atoms with van der Waals surface area (Å²) in [4.78, 5) is 29.9. The number of nitrogens with zero attached hydrogens (tertiary/aromatic N) is 2. The standard InChI is InChI=1S/C15H18ClN3O2/c1-10-6-12(16)11(8-17-10)14(21)19-4-2-15(3-5-19)7-13(20)18-9-15/h6,8H,2-5,7,9H2,1H3,(H,18,20). The number of aryl methyl sites for hydroxylation is 1. The normalized spacial score (nSPS) is 20.7. The number of rotatable bonds is 1. The van der Waals surface area contributed by atoms with Crippen molar-refractivity contribution in [1.82, 2.24) is 15.2 Å². The van der Waals surface area contributed by atoms with Gasteiger partial charge in [-0.05, 0) is 31.2 Å². The van der Waals surface area contributed by atoms with Crippen molar-refractivity contribution in [2.75, 3.05) is 19.6 Å². The van der Waals surface area contributed by atoms with Gasteiger partial charge in [0.05, 0.1) is 10.6 Å². The first-order valence-corrected chi connectivity index (χ1v) is 7.55. The van der Waals surface area contributed by atoms with Crippen molar-refractivity contribution in [2.24, 2.45) is 5.41 Å². The van der Waals surface area contributed by atoms with Crippen LogP contribution in [-0.2, 0) is 4.79 Å². The highest BCUT2D eigenvalue weighted by Gasteiger charge is 2.41. The number of likely N-dealkylation sites (tertiary alicyclic amines) is 1. The summed E-state index contributed by atoms with van der Waals surface area (Å²) in [6.07, 6.45) is 3.84. The van der Waals surface area contributed by atoms with Gasteiger partial charge in [0.2, 0.25) is 5.91 Å². The Hall–Kier alpha value is -1.62. The third-order valence-electron chi connectivity index (χ3n) is 4.53. The van der Waals surface area contributed by atoms with E-state index in [1.165, 1.54) is 0 Å². The second-order valence-corrected chi connectivity index (χ2v) is 6.46. The van der Waals surface area contributed by atoms with Crippen LogP contribution in [0.1, 0.15) is 35.3 Å². The summed E-state index contributed by atoms with van der Waals surface area (Å²) in [5.74, 6) is 0.0557. The summed E-state index contributed by atoms with van der Waals surface area (Å²) < 4.78 is 0. The first-order chi connectivity index (χ1) is 9.99. The molecule has 5 nitrogen and oxygen atoms in total. The van der Waals surface area contributed by atoms with Gasteiger partial charge >= 0.3 is 0 Å². The number of carbonyl (C=O) groups is 2. The van der Waals surface area contributed by atoms with Gasteiger partial charge in [-0.1, -0.05) is 11.6 Å². The largest absolute Gasteiger partial charge is 0.356 e. The molecular weight excluding hydrogens is 290 g/mol. The molecule has 2 aliphatic rings. The maximum atomic E-state index is 12.5. The predicted octanol–water partition coefficient (Wildman–Crippen LogP) is 1.79. The van der Waals surface area contributed by atoms with Gasteiger partial charge in [-0.3, -0.25) is 14.6 Å². The number of halogens is 1. The van der Waals surface area contributed by atoms with Gasteiger partial charge in [0, 0.05) is 37.9 Å². The molecule has 1 aromatic rings. The van der Waals surface area contributed by atoms with Crippen molar-refractivity contribution >= 4 is 23.4 Å². The van der Waals surface area contributed by atoms with Crippen LogP contribution in [0.3, 0.4) is 0 Å². The summed E-state index contributed by atoms with van der Waals surface area (Å²) in [6.45, 7) is 3.91. The molecule has 112 valence electrons. The van der Waals surface area contributed by atoms with Gasteiger partial charge in [0.1, 0.15) is 0 Å². The minimum Gasteiger partial charge on any atom is -0.356 e. The molecule has 0 radical (unpaired) electrons. The summed E-state index contributed by atoms with van der Waals surface area (Å²) in [5.41, 5.74) is 1.30. The van der Waals surface area contributed by atoms with Crippen LogP contribution in [-0.4, -0.2) is 41.3 Å². The van der Waals surface area contributed by atoms with Gasteiger partial charge in [0.25, 0.3) is 5.91 Å². The summed E-state index contributed by atoms with van der Waals surface area (Å²) in [5, 5.41) is 3.35. The van der Waals surface area contributed by atoms with Crippen molar-refractivity contribution in [1.29, 1.82) is 0 Å². The van der Waals surface area contributed by atoms with E-state index in [1.54, 1.807) is 12.3 Å². The lowest BCUT2D eigenvalue weighted by Gasteiger charge is -2.38. The highest BCUT2D eigenvalue weighted by molar-refractivity contribution is 6.33. The van der Waals surface area contributed by atoms with E-state index in [9.17, 15) is 9.59 Å². The second-order valence-electron chi connectivity index (χ2n) is 6.05. The van der Waals surface area contributed by atoms with Gasteiger partial charge in [-0.2, -0.15) is 0 Å². The quantitative estimate of drug-likeness (QED) is 0.860. The molecule has 2 saturated heterocycles. The number of hydrogen-bond donors (Lipinski definition) is 1. The first kappa shape index (κ1) is 14.3. The van der Waals surface area contributed by atoms with Gasteiger partial charge in [-0.25, -0.2) is 0 Å². The van der Waals surface area contributed by atoms with E-state index in [0.29, 0.717) is 30.1 Å². The molecule has 1 aromatic heterocycles. The van der Waals surface area contributed by atoms with Crippen LogP contribution in [0, 0.1) is 12.3 Å². The van der Waals surface area contributed by atoms with E-state index in [2.05, 4.69) is 10.3 Å². The molecule has 1 N–H and O–H groups in total. The van der Waals surface area contributed by atoms with Crippen LogP contribution in [0.2, 0.25) is 5.02 Å². The lowest BCUT2D eigenvalue weighted by Crippen LogP contribution is -2.44. The smallest absolute Gasteiger partial charge is 0.256 e. The van der Waals surface area contributed by atoms with E-state index in [0.717, 1.165) is 25.1 Å². The molecule has 2 aliphatic heterocycles. The van der Waals surface area contributed by atoms with Crippen LogP contribution in [0.25, 0.3) is 0 Å². The summed E-state index contributed by atoms with van der Waals surface area (Å²) in [6, 6.07) is 1.71. The predicted molar refractivity (Wildman–Crippen MR) is 79.2 cm³/mol. The molecule has 0 atom stereocenters. The van der Waals surface area contributed by atoms with E-state index in [4.69, 9.17) is 11.6 Å². The third kappa shape index (κ3) is 2.75. The average Bonchev–Trinajstić information content (AvgIpc) is 2.80. The molecule has 2 amide bonds. The van der Waals surface area contributed by atoms with E-state index in [1.807, 2.05) is 11.8 Å². The van der Waals surface area contributed by atoms with Crippen molar-refractivity contribution in [2.45, 2.75) is 26.2 Å². The van der Waals surface area contributed by atoms with Crippen molar-refractivity contribution in [3.05, 3.63) is 28.5 Å². The fourth-order valence-electron chi connectivity index (χ4n) is 3.14. The SMILES string of the molecule is Cc1cc(Cl)c(C(=O)N2CCC3(CC2)CNC(=O)C3)cn1. The zero-order valence-electron chi connectivity index (χ0n) is 12.0. The Bertz CT molecular complexity index is 595. The summed E-state index contributed by atoms with van der Waals surface area (Å²) >= 11 is 6.14. The van der Waals surface area contributed by atoms with E-state index < -0.39 is 0 Å². The van der Waals surface area contributed by atoms with Crippen LogP contribution >= 0.6 is 11.6 Å². The number of piperidine rings is 1. The number of hydrogen-bond acceptors (Lipinski definition) is 3. The average molecular weight is 308 g/mol. The molecule has 2 fully saturated rings. The number of pyridine rings is 1. The Morgan fingerprint density at radius 2 is 2.14 bits per heavy atom. The molecular formula is C15H18ClN3O2. The first-order valence-electron chi connectivity index (χ1n) is 7.17. The number of nitrogens with one attached hydrogen (secondary N) is 1. The van der Waals surface area contributed by atoms with Crippen LogP contribution in [0.5, 0.6) is 0 Å². The molecule has 0 saturated carbocycles. The van der Waals surface area contributed by atoms with Crippen molar-refractivity contribution in [3.8, 4) is 0 Å². The number of amides is 2. The Balaban J connectivity index is 1.69. The van der Waals surface area contributed by atoms with Gasteiger partial charge in [0.15, 0.2) is 0 Å². The number of aromatic nitrogens is 1. The number of carbonyl (C=O) groups excluding carboxylic acids is 2. The monoisotopic (exact) mass is 307 g/mol. The highest BCUT2D eigenvalue weighted by Crippen LogP contribution is 2.37. The topological polar surface area (TPSA) is 62.3 Å². The lowest BCUT2D eigenvalue weighted by atomic mass is 9.77. The Morgan fingerprint density at radius 3 is 2.71 bits per heavy atom. The molecule has 0 bridgehead atoms. The Kier molecular flexibility index (Phi) is 3.61. The van der Waals surface area contributed by atoms with Gasteiger partial charge < -0.3 is 10.2 Å². The lowest BCUT2D eigenvalue weighted by molar-refractivity contribution is -0.119. The van der Waals surface area contributed by atoms with E-state index in [-0.39, 0.29) is 17.2 Å². The molecule has 3 rings (SSSR count). The molecule has 21 heavy (non-hydrogen) atoms. The van der Waals surface area contributed by atoms with Crippen LogP contribution in [0.4, 0.5) is 0 Å². The van der Waals surface area contributed by atoms with E-state index >= 15 is 0 Å². The van der Waals surface area contributed by atoms with Crippen LogP contribution < -0.4 is 5.32 Å². The summed E-state index contributed by atoms with van der Waals surface area (Å²) in [7, 11) is 0. The zero-order chi connectivity index (χ0) is 15.0. The highest BCUT2D eigenvalue weighted by atomic mass is 35.5. The van der Waals surface area contributed by atoms with Crippen LogP contribution in [0.15, 0.2) is 12.3 Å². The molecule has 0 aromatic carbocycles. The maximum absolute atomic E-state index is 12.5. The second kappa shape index (κ2) is 5.30. The van der Waals surface area contributed by atoms with Gasteiger partial charge in [-0.15, -0.1) is 0 Å². The fourth-order valence-corrected chi connectivity index (χ4v) is 3.43. The molecule has 3 heterocycles.